The molecule has 0 bridgehead atoms. The standard InChI is InChI=1S/C21H25BrN2O4S/c22-19-8-4-9-20(16-19)28-15-5-10-21(25)23-11-13-24(14-12-23)29(26,27)17-18-6-2-1-3-7-18/h1-4,6-9,16H,5,10-15,17H2. The number of carbonyl (C=O) groups is 1. The topological polar surface area (TPSA) is 66.9 Å². The third-order valence-corrected chi connectivity index (χ3v) is 7.12. The molecule has 1 amide bonds. The van der Waals surface area contributed by atoms with E-state index in [2.05, 4.69) is 15.9 Å². The number of rotatable bonds is 8. The zero-order valence-electron chi connectivity index (χ0n) is 16.2. The highest BCUT2D eigenvalue weighted by molar-refractivity contribution is 9.10. The predicted molar refractivity (Wildman–Crippen MR) is 116 cm³/mol. The molecule has 0 unspecified atom stereocenters. The lowest BCUT2D eigenvalue weighted by Crippen LogP contribution is -2.50. The van der Waals surface area contributed by atoms with Crippen LogP contribution in [0.1, 0.15) is 18.4 Å². The van der Waals surface area contributed by atoms with E-state index in [0.29, 0.717) is 45.6 Å². The summed E-state index contributed by atoms with van der Waals surface area (Å²) in [6.07, 6.45) is 1.02. The molecule has 2 aromatic rings. The second kappa shape index (κ2) is 10.2. The van der Waals surface area contributed by atoms with Crippen molar-refractivity contribution < 1.29 is 17.9 Å². The molecule has 0 aromatic heterocycles. The number of piperazine rings is 1. The molecule has 0 aliphatic carbocycles. The lowest BCUT2D eigenvalue weighted by atomic mass is 10.2. The van der Waals surface area contributed by atoms with E-state index < -0.39 is 10.0 Å². The average molecular weight is 481 g/mol. The molecule has 0 N–H and O–H groups in total. The Morgan fingerprint density at radius 2 is 1.72 bits per heavy atom. The Kier molecular flexibility index (Phi) is 7.69. The van der Waals surface area contributed by atoms with Crippen LogP contribution in [0, 0.1) is 0 Å². The summed E-state index contributed by atoms with van der Waals surface area (Å²) in [6.45, 7) is 2.01. The molecule has 1 heterocycles. The summed E-state index contributed by atoms with van der Waals surface area (Å²) in [6, 6.07) is 16.7. The molecular weight excluding hydrogens is 456 g/mol. The van der Waals surface area contributed by atoms with Crippen molar-refractivity contribution in [2.45, 2.75) is 18.6 Å². The van der Waals surface area contributed by atoms with Crippen molar-refractivity contribution in [1.29, 1.82) is 0 Å². The van der Waals surface area contributed by atoms with Crippen LogP contribution < -0.4 is 4.74 Å². The molecule has 0 atom stereocenters. The molecule has 0 spiro atoms. The lowest BCUT2D eigenvalue weighted by Gasteiger charge is -2.34. The number of halogens is 1. The van der Waals surface area contributed by atoms with E-state index in [1.165, 1.54) is 4.31 Å². The van der Waals surface area contributed by atoms with Crippen molar-refractivity contribution in [3.63, 3.8) is 0 Å². The summed E-state index contributed by atoms with van der Waals surface area (Å²) in [5, 5.41) is 0. The van der Waals surface area contributed by atoms with Gasteiger partial charge in [0.25, 0.3) is 0 Å². The predicted octanol–water partition coefficient (Wildman–Crippen LogP) is 3.28. The molecule has 1 fully saturated rings. The van der Waals surface area contributed by atoms with Crippen molar-refractivity contribution in [2.75, 3.05) is 32.8 Å². The molecule has 3 rings (SSSR count). The fourth-order valence-corrected chi connectivity index (χ4v) is 5.11. The minimum atomic E-state index is -3.37. The van der Waals surface area contributed by atoms with Gasteiger partial charge in [0.1, 0.15) is 5.75 Å². The monoisotopic (exact) mass is 480 g/mol. The van der Waals surface area contributed by atoms with E-state index in [1.54, 1.807) is 4.90 Å². The van der Waals surface area contributed by atoms with Crippen LogP contribution in [0.15, 0.2) is 59.1 Å². The number of sulfonamides is 1. The van der Waals surface area contributed by atoms with Gasteiger partial charge in [0.15, 0.2) is 0 Å². The molecule has 1 saturated heterocycles. The zero-order chi connectivity index (χ0) is 20.7. The summed E-state index contributed by atoms with van der Waals surface area (Å²) in [7, 11) is -3.37. The maximum absolute atomic E-state index is 12.6. The van der Waals surface area contributed by atoms with Crippen molar-refractivity contribution in [3.8, 4) is 5.75 Å². The second-order valence-electron chi connectivity index (χ2n) is 6.93. The van der Waals surface area contributed by atoms with Gasteiger partial charge in [0, 0.05) is 37.1 Å². The minimum Gasteiger partial charge on any atom is -0.494 e. The third kappa shape index (κ3) is 6.55. The molecular formula is C21H25BrN2O4S. The van der Waals surface area contributed by atoms with Gasteiger partial charge in [-0.3, -0.25) is 4.79 Å². The Hall–Kier alpha value is -1.90. The highest BCUT2D eigenvalue weighted by Crippen LogP contribution is 2.18. The summed E-state index contributed by atoms with van der Waals surface area (Å²) in [5.41, 5.74) is 0.774. The number of carbonyl (C=O) groups excluding carboxylic acids is 1. The molecule has 0 saturated carbocycles. The van der Waals surface area contributed by atoms with E-state index in [9.17, 15) is 13.2 Å². The Morgan fingerprint density at radius 1 is 1.00 bits per heavy atom. The SMILES string of the molecule is O=C(CCCOc1cccc(Br)c1)N1CCN(S(=O)(=O)Cc2ccccc2)CC1. The summed E-state index contributed by atoms with van der Waals surface area (Å²) in [5.74, 6) is 0.807. The molecule has 2 aromatic carbocycles. The number of benzene rings is 2. The fraction of sp³-hybridized carbons (Fsp3) is 0.381. The van der Waals surface area contributed by atoms with Crippen LogP contribution in [-0.4, -0.2) is 56.3 Å². The summed E-state index contributed by atoms with van der Waals surface area (Å²) >= 11 is 3.40. The van der Waals surface area contributed by atoms with E-state index in [4.69, 9.17) is 4.74 Å². The molecule has 0 radical (unpaired) electrons. The molecule has 6 nitrogen and oxygen atoms in total. The van der Waals surface area contributed by atoms with Crippen molar-refractivity contribution >= 4 is 31.9 Å². The molecule has 1 aliphatic heterocycles. The lowest BCUT2D eigenvalue weighted by molar-refractivity contribution is -0.132. The van der Waals surface area contributed by atoms with Gasteiger partial charge in [-0.05, 0) is 30.2 Å². The van der Waals surface area contributed by atoms with Gasteiger partial charge in [0.2, 0.25) is 15.9 Å². The van der Waals surface area contributed by atoms with Gasteiger partial charge in [-0.1, -0.05) is 52.3 Å². The van der Waals surface area contributed by atoms with Gasteiger partial charge in [-0.2, -0.15) is 4.31 Å². The van der Waals surface area contributed by atoms with E-state index >= 15 is 0 Å². The number of nitrogens with zero attached hydrogens (tertiary/aromatic N) is 2. The van der Waals surface area contributed by atoms with Gasteiger partial charge in [0.05, 0.1) is 12.4 Å². The van der Waals surface area contributed by atoms with Crippen LogP contribution >= 0.6 is 15.9 Å². The number of hydrogen-bond donors (Lipinski definition) is 0. The first-order valence-electron chi connectivity index (χ1n) is 9.62. The minimum absolute atomic E-state index is 0.00523. The smallest absolute Gasteiger partial charge is 0.222 e. The van der Waals surface area contributed by atoms with E-state index in [-0.39, 0.29) is 11.7 Å². The Morgan fingerprint density at radius 3 is 2.41 bits per heavy atom. The van der Waals surface area contributed by atoms with Crippen molar-refractivity contribution in [1.82, 2.24) is 9.21 Å². The van der Waals surface area contributed by atoms with Crippen LogP contribution in [-0.2, 0) is 20.6 Å². The second-order valence-corrected chi connectivity index (χ2v) is 9.82. The molecule has 8 heteroatoms. The Balaban J connectivity index is 1.40. The van der Waals surface area contributed by atoms with Crippen molar-refractivity contribution in [2.24, 2.45) is 0 Å². The van der Waals surface area contributed by atoms with Crippen LogP contribution in [0.2, 0.25) is 0 Å². The fourth-order valence-electron chi connectivity index (χ4n) is 3.22. The Bertz CT molecular complexity index is 913. The largest absolute Gasteiger partial charge is 0.494 e. The summed E-state index contributed by atoms with van der Waals surface area (Å²) < 4.78 is 33.3. The van der Waals surface area contributed by atoms with Crippen LogP contribution in [0.5, 0.6) is 5.75 Å². The number of amides is 1. The zero-order valence-corrected chi connectivity index (χ0v) is 18.6. The maximum Gasteiger partial charge on any atom is 0.222 e. The van der Waals surface area contributed by atoms with Crippen molar-refractivity contribution in [3.05, 3.63) is 64.6 Å². The van der Waals surface area contributed by atoms with Gasteiger partial charge < -0.3 is 9.64 Å². The maximum atomic E-state index is 12.6. The molecule has 29 heavy (non-hydrogen) atoms. The van der Waals surface area contributed by atoms with Crippen LogP contribution in [0.25, 0.3) is 0 Å². The van der Waals surface area contributed by atoms with Gasteiger partial charge >= 0.3 is 0 Å². The van der Waals surface area contributed by atoms with Gasteiger partial charge in [-0.25, -0.2) is 8.42 Å². The van der Waals surface area contributed by atoms with Crippen LogP contribution in [0.4, 0.5) is 0 Å². The van der Waals surface area contributed by atoms with Gasteiger partial charge in [-0.15, -0.1) is 0 Å². The molecule has 156 valence electrons. The highest BCUT2D eigenvalue weighted by atomic mass is 79.9. The average Bonchev–Trinajstić information content (AvgIpc) is 2.72. The highest BCUT2D eigenvalue weighted by Gasteiger charge is 2.28. The Labute approximate surface area is 180 Å². The molecule has 1 aliphatic rings. The number of ether oxygens (including phenoxy) is 1. The van der Waals surface area contributed by atoms with Crippen LogP contribution in [0.3, 0.4) is 0 Å². The van der Waals surface area contributed by atoms with E-state index in [0.717, 1.165) is 15.8 Å². The first-order chi connectivity index (χ1) is 13.9. The third-order valence-electron chi connectivity index (χ3n) is 4.78. The normalized spacial score (nSPS) is 15.3. The first-order valence-corrected chi connectivity index (χ1v) is 12.0. The summed E-state index contributed by atoms with van der Waals surface area (Å²) in [4.78, 5) is 14.1. The number of hydrogen-bond acceptors (Lipinski definition) is 4. The quantitative estimate of drug-likeness (QED) is 0.543. The first kappa shape index (κ1) is 21.8. The van der Waals surface area contributed by atoms with E-state index in [1.807, 2.05) is 54.6 Å².